The predicted molar refractivity (Wildman–Crippen MR) is 80.0 cm³/mol. The molecule has 2 rings (SSSR count). The molecular formula is C14H14INO2. The van der Waals surface area contributed by atoms with Gasteiger partial charge in [-0.15, -0.1) is 0 Å². The van der Waals surface area contributed by atoms with E-state index in [-0.39, 0.29) is 5.91 Å². The fraction of sp³-hybridized carbons (Fsp3) is 0.214. The minimum absolute atomic E-state index is 0.135. The molecule has 0 atom stereocenters. The molecule has 0 aliphatic heterocycles. The van der Waals surface area contributed by atoms with E-state index in [2.05, 4.69) is 27.9 Å². The standard InChI is InChI=1S/C14H14INO2/c1-8-4-5-11(7-13(8)15)16-14(17)12-6-9(2)18-10(12)3/h4-7H,1-3H3,(H,16,17). The van der Waals surface area contributed by atoms with Crippen molar-refractivity contribution in [3.8, 4) is 0 Å². The highest BCUT2D eigenvalue weighted by atomic mass is 127. The molecule has 94 valence electrons. The molecule has 3 nitrogen and oxygen atoms in total. The Balaban J connectivity index is 2.21. The van der Waals surface area contributed by atoms with Gasteiger partial charge in [-0.25, -0.2) is 0 Å². The highest BCUT2D eigenvalue weighted by molar-refractivity contribution is 14.1. The number of rotatable bonds is 2. The van der Waals surface area contributed by atoms with Gasteiger partial charge in [0.2, 0.25) is 0 Å². The number of carbonyl (C=O) groups excluding carboxylic acids is 1. The highest BCUT2D eigenvalue weighted by Crippen LogP contribution is 2.19. The maximum Gasteiger partial charge on any atom is 0.259 e. The van der Waals surface area contributed by atoms with Crippen molar-refractivity contribution in [2.75, 3.05) is 5.32 Å². The van der Waals surface area contributed by atoms with Gasteiger partial charge in [0.1, 0.15) is 11.5 Å². The zero-order valence-corrected chi connectivity index (χ0v) is 12.7. The third kappa shape index (κ3) is 2.75. The Morgan fingerprint density at radius 1 is 1.22 bits per heavy atom. The van der Waals surface area contributed by atoms with Crippen LogP contribution in [0.3, 0.4) is 0 Å². The molecule has 0 fully saturated rings. The Kier molecular flexibility index (Phi) is 3.75. The SMILES string of the molecule is Cc1cc(C(=O)Nc2ccc(C)c(I)c2)c(C)o1. The van der Waals surface area contributed by atoms with Crippen molar-refractivity contribution >= 4 is 34.2 Å². The van der Waals surface area contributed by atoms with Crippen LogP contribution in [0.25, 0.3) is 0 Å². The van der Waals surface area contributed by atoms with Gasteiger partial charge in [-0.3, -0.25) is 4.79 Å². The summed E-state index contributed by atoms with van der Waals surface area (Å²) < 4.78 is 6.48. The minimum atomic E-state index is -0.135. The van der Waals surface area contributed by atoms with Gasteiger partial charge in [0.05, 0.1) is 5.56 Å². The summed E-state index contributed by atoms with van der Waals surface area (Å²) >= 11 is 2.25. The molecule has 1 N–H and O–H groups in total. The van der Waals surface area contributed by atoms with E-state index in [1.165, 1.54) is 5.56 Å². The van der Waals surface area contributed by atoms with Crippen LogP contribution in [0, 0.1) is 24.3 Å². The zero-order valence-electron chi connectivity index (χ0n) is 10.5. The monoisotopic (exact) mass is 355 g/mol. The van der Waals surface area contributed by atoms with Gasteiger partial charge in [0, 0.05) is 9.26 Å². The largest absolute Gasteiger partial charge is 0.466 e. The summed E-state index contributed by atoms with van der Waals surface area (Å²) in [5.41, 5.74) is 2.58. The van der Waals surface area contributed by atoms with Crippen molar-refractivity contribution in [3.63, 3.8) is 0 Å². The van der Waals surface area contributed by atoms with Gasteiger partial charge in [0.15, 0.2) is 0 Å². The Bertz CT molecular complexity index is 602. The lowest BCUT2D eigenvalue weighted by atomic mass is 10.2. The molecular weight excluding hydrogens is 341 g/mol. The number of aryl methyl sites for hydroxylation is 3. The van der Waals surface area contributed by atoms with Crippen molar-refractivity contribution in [2.24, 2.45) is 0 Å². The molecule has 1 aromatic carbocycles. The second-order valence-corrected chi connectivity index (χ2v) is 5.41. The summed E-state index contributed by atoms with van der Waals surface area (Å²) in [6.07, 6.45) is 0. The number of hydrogen-bond donors (Lipinski definition) is 1. The molecule has 4 heteroatoms. The van der Waals surface area contributed by atoms with Gasteiger partial charge in [0.25, 0.3) is 5.91 Å². The first-order valence-corrected chi connectivity index (χ1v) is 6.70. The first kappa shape index (κ1) is 13.1. The quantitative estimate of drug-likeness (QED) is 0.826. The number of amides is 1. The van der Waals surface area contributed by atoms with Crippen LogP contribution in [0.1, 0.15) is 27.4 Å². The van der Waals surface area contributed by atoms with E-state index in [1.807, 2.05) is 32.0 Å². The van der Waals surface area contributed by atoms with Crippen LogP contribution in [0.5, 0.6) is 0 Å². The third-order valence-electron chi connectivity index (χ3n) is 2.72. The number of nitrogens with one attached hydrogen (secondary N) is 1. The Morgan fingerprint density at radius 2 is 1.94 bits per heavy atom. The Hall–Kier alpha value is -1.30. The molecule has 0 aliphatic rings. The van der Waals surface area contributed by atoms with Gasteiger partial charge < -0.3 is 9.73 Å². The van der Waals surface area contributed by atoms with E-state index in [1.54, 1.807) is 13.0 Å². The van der Waals surface area contributed by atoms with Crippen LogP contribution >= 0.6 is 22.6 Å². The molecule has 0 radical (unpaired) electrons. The average molecular weight is 355 g/mol. The van der Waals surface area contributed by atoms with Crippen molar-refractivity contribution in [2.45, 2.75) is 20.8 Å². The Morgan fingerprint density at radius 3 is 2.50 bits per heavy atom. The normalized spacial score (nSPS) is 10.4. The van der Waals surface area contributed by atoms with Crippen LogP contribution in [-0.4, -0.2) is 5.91 Å². The van der Waals surface area contributed by atoms with E-state index in [0.717, 1.165) is 15.0 Å². The lowest BCUT2D eigenvalue weighted by Crippen LogP contribution is -2.12. The molecule has 0 saturated heterocycles. The first-order valence-electron chi connectivity index (χ1n) is 5.62. The van der Waals surface area contributed by atoms with Crippen molar-refractivity contribution < 1.29 is 9.21 Å². The number of hydrogen-bond acceptors (Lipinski definition) is 2. The van der Waals surface area contributed by atoms with E-state index >= 15 is 0 Å². The third-order valence-corrected chi connectivity index (χ3v) is 3.88. The minimum Gasteiger partial charge on any atom is -0.466 e. The van der Waals surface area contributed by atoms with E-state index in [9.17, 15) is 4.79 Å². The van der Waals surface area contributed by atoms with Crippen LogP contribution in [-0.2, 0) is 0 Å². The molecule has 18 heavy (non-hydrogen) atoms. The first-order chi connectivity index (χ1) is 8.47. The van der Waals surface area contributed by atoms with Gasteiger partial charge in [-0.05, 0) is 67.1 Å². The second-order valence-electron chi connectivity index (χ2n) is 4.24. The van der Waals surface area contributed by atoms with Gasteiger partial charge in [-0.1, -0.05) is 6.07 Å². The highest BCUT2D eigenvalue weighted by Gasteiger charge is 2.13. The number of halogens is 1. The predicted octanol–water partition coefficient (Wildman–Crippen LogP) is 4.06. The van der Waals surface area contributed by atoms with E-state index in [4.69, 9.17) is 4.42 Å². The fourth-order valence-corrected chi connectivity index (χ4v) is 2.24. The number of furan rings is 1. The summed E-state index contributed by atoms with van der Waals surface area (Å²) in [7, 11) is 0. The van der Waals surface area contributed by atoms with Crippen molar-refractivity contribution in [1.29, 1.82) is 0 Å². The smallest absolute Gasteiger partial charge is 0.259 e. The van der Waals surface area contributed by atoms with Crippen molar-refractivity contribution in [1.82, 2.24) is 0 Å². The molecule has 0 unspecified atom stereocenters. The van der Waals surface area contributed by atoms with Crippen molar-refractivity contribution in [3.05, 3.63) is 50.5 Å². The van der Waals surface area contributed by atoms with Gasteiger partial charge >= 0.3 is 0 Å². The van der Waals surface area contributed by atoms with Crippen LogP contribution < -0.4 is 5.32 Å². The molecule has 0 saturated carbocycles. The van der Waals surface area contributed by atoms with Crippen LogP contribution in [0.2, 0.25) is 0 Å². The zero-order chi connectivity index (χ0) is 13.3. The molecule has 1 amide bonds. The maximum atomic E-state index is 12.1. The molecule has 2 aromatic rings. The summed E-state index contributed by atoms with van der Waals surface area (Å²) in [5.74, 6) is 1.26. The molecule has 0 aliphatic carbocycles. The number of benzene rings is 1. The van der Waals surface area contributed by atoms with Gasteiger partial charge in [-0.2, -0.15) is 0 Å². The number of carbonyl (C=O) groups is 1. The summed E-state index contributed by atoms with van der Waals surface area (Å²) in [4.78, 5) is 12.1. The van der Waals surface area contributed by atoms with Crippen LogP contribution in [0.15, 0.2) is 28.7 Å². The fourth-order valence-electron chi connectivity index (χ4n) is 1.73. The van der Waals surface area contributed by atoms with Crippen LogP contribution in [0.4, 0.5) is 5.69 Å². The average Bonchev–Trinajstić information content (AvgIpc) is 2.63. The number of anilines is 1. The molecule has 0 spiro atoms. The maximum absolute atomic E-state index is 12.1. The summed E-state index contributed by atoms with van der Waals surface area (Å²) in [5, 5.41) is 2.88. The van der Waals surface area contributed by atoms with E-state index < -0.39 is 0 Å². The molecule has 0 bridgehead atoms. The summed E-state index contributed by atoms with van der Waals surface area (Å²) in [6, 6.07) is 7.60. The second kappa shape index (κ2) is 5.14. The molecule has 1 aromatic heterocycles. The lowest BCUT2D eigenvalue weighted by molar-refractivity contribution is 0.102. The van der Waals surface area contributed by atoms with E-state index in [0.29, 0.717) is 11.3 Å². The Labute approximate surface area is 120 Å². The molecule has 1 heterocycles. The summed E-state index contributed by atoms with van der Waals surface area (Å²) in [6.45, 7) is 5.66. The lowest BCUT2D eigenvalue weighted by Gasteiger charge is -2.06. The topological polar surface area (TPSA) is 42.2 Å².